The highest BCUT2D eigenvalue weighted by Crippen LogP contribution is 2.37. The number of hydrogen-bond donors (Lipinski definition) is 1. The van der Waals surface area contributed by atoms with Gasteiger partial charge in [0.05, 0.1) is 5.92 Å². The van der Waals surface area contributed by atoms with Crippen molar-refractivity contribution >= 4 is 5.91 Å². The third kappa shape index (κ3) is 5.27. The Kier molecular flexibility index (Phi) is 5.76. The Morgan fingerprint density at radius 2 is 1.96 bits per heavy atom. The Labute approximate surface area is 153 Å². The van der Waals surface area contributed by atoms with E-state index >= 15 is 0 Å². The summed E-state index contributed by atoms with van der Waals surface area (Å²) in [5.41, 5.74) is 0.580. The number of aromatic nitrogens is 2. The number of nitrogens with zero attached hydrogens (tertiary/aromatic N) is 2. The fourth-order valence-corrected chi connectivity index (χ4v) is 3.21. The van der Waals surface area contributed by atoms with Crippen molar-refractivity contribution in [3.05, 3.63) is 36.0 Å². The number of rotatable bonds is 5. The number of carbonyl (C=O) groups is 1. The minimum Gasteiger partial charge on any atom is -0.353 e. The second-order valence-electron chi connectivity index (χ2n) is 6.69. The molecule has 1 N–H and O–H groups in total. The van der Waals surface area contributed by atoms with Crippen LogP contribution in [0, 0.1) is 11.7 Å². The number of hydrogen-bond acceptors (Lipinski definition) is 4. The summed E-state index contributed by atoms with van der Waals surface area (Å²) in [6.07, 6.45) is -2.97. The number of alkyl halides is 3. The normalized spacial score (nSPS) is 20.4. The lowest BCUT2D eigenvalue weighted by atomic mass is 9.85. The molecular formula is C18H19F4N3O2. The van der Waals surface area contributed by atoms with Gasteiger partial charge in [-0.25, -0.2) is 4.39 Å². The van der Waals surface area contributed by atoms with Gasteiger partial charge in [0.25, 0.3) is 0 Å². The molecule has 1 aliphatic rings. The van der Waals surface area contributed by atoms with E-state index in [-0.39, 0.29) is 49.1 Å². The maximum Gasteiger partial charge on any atom is 0.391 e. The van der Waals surface area contributed by atoms with E-state index in [1.165, 1.54) is 24.3 Å². The van der Waals surface area contributed by atoms with Crippen LogP contribution in [0.1, 0.15) is 38.0 Å². The van der Waals surface area contributed by atoms with E-state index in [1.54, 1.807) is 0 Å². The van der Waals surface area contributed by atoms with Crippen LogP contribution in [-0.2, 0) is 11.2 Å². The Bertz CT molecular complexity index is 774. The summed E-state index contributed by atoms with van der Waals surface area (Å²) in [5.74, 6) is -1.56. The third-order valence-corrected chi connectivity index (χ3v) is 4.64. The van der Waals surface area contributed by atoms with E-state index in [9.17, 15) is 22.4 Å². The fourth-order valence-electron chi connectivity index (χ4n) is 3.21. The third-order valence-electron chi connectivity index (χ3n) is 4.64. The number of amides is 1. The maximum atomic E-state index is 12.9. The minimum atomic E-state index is -4.22. The van der Waals surface area contributed by atoms with E-state index < -0.39 is 18.1 Å². The smallest absolute Gasteiger partial charge is 0.353 e. The summed E-state index contributed by atoms with van der Waals surface area (Å²) in [6, 6.07) is 5.11. The molecule has 0 bridgehead atoms. The first-order valence-corrected chi connectivity index (χ1v) is 8.76. The highest BCUT2D eigenvalue weighted by atomic mass is 19.4. The van der Waals surface area contributed by atoms with Crippen LogP contribution in [0.2, 0.25) is 0 Å². The quantitative estimate of drug-likeness (QED) is 0.789. The van der Waals surface area contributed by atoms with Crippen molar-refractivity contribution in [2.24, 2.45) is 5.92 Å². The Morgan fingerprint density at radius 3 is 2.67 bits per heavy atom. The van der Waals surface area contributed by atoms with Gasteiger partial charge in [0, 0.05) is 24.4 Å². The first kappa shape index (κ1) is 19.3. The molecule has 1 fully saturated rings. The van der Waals surface area contributed by atoms with Gasteiger partial charge in [-0.2, -0.15) is 18.2 Å². The fraction of sp³-hybridized carbons (Fsp3) is 0.500. The summed E-state index contributed by atoms with van der Waals surface area (Å²) in [4.78, 5) is 16.2. The zero-order chi connectivity index (χ0) is 19.4. The number of carbonyl (C=O) groups excluding carboxylic acids is 1. The highest BCUT2D eigenvalue weighted by Gasteiger charge is 2.42. The van der Waals surface area contributed by atoms with E-state index in [2.05, 4.69) is 15.5 Å². The van der Waals surface area contributed by atoms with Crippen molar-refractivity contribution in [2.75, 3.05) is 0 Å². The van der Waals surface area contributed by atoms with Gasteiger partial charge in [0.15, 0.2) is 0 Å². The Morgan fingerprint density at radius 1 is 1.22 bits per heavy atom. The van der Waals surface area contributed by atoms with Crippen LogP contribution >= 0.6 is 0 Å². The van der Waals surface area contributed by atoms with E-state index in [1.807, 2.05) is 0 Å². The van der Waals surface area contributed by atoms with Gasteiger partial charge in [-0.1, -0.05) is 11.6 Å². The average Bonchev–Trinajstić information content (AvgIpc) is 3.09. The summed E-state index contributed by atoms with van der Waals surface area (Å²) < 4.78 is 56.5. The van der Waals surface area contributed by atoms with Crippen LogP contribution in [0.25, 0.3) is 11.4 Å². The van der Waals surface area contributed by atoms with E-state index in [0.29, 0.717) is 18.4 Å². The largest absolute Gasteiger partial charge is 0.391 e. The molecule has 9 heteroatoms. The van der Waals surface area contributed by atoms with Crippen molar-refractivity contribution in [1.29, 1.82) is 0 Å². The minimum absolute atomic E-state index is 0.0399. The monoisotopic (exact) mass is 385 g/mol. The number of benzene rings is 1. The van der Waals surface area contributed by atoms with Crippen molar-refractivity contribution in [2.45, 2.75) is 50.7 Å². The van der Waals surface area contributed by atoms with Gasteiger partial charge < -0.3 is 9.84 Å². The molecule has 2 unspecified atom stereocenters. The molecule has 2 aromatic rings. The molecule has 146 valence electrons. The molecule has 1 amide bonds. The second kappa shape index (κ2) is 8.06. The van der Waals surface area contributed by atoms with E-state index in [4.69, 9.17) is 4.52 Å². The molecule has 0 saturated heterocycles. The molecule has 0 aliphatic heterocycles. The van der Waals surface area contributed by atoms with Gasteiger partial charge in [-0.05, 0) is 43.5 Å². The van der Waals surface area contributed by atoms with E-state index in [0.717, 1.165) is 0 Å². The van der Waals surface area contributed by atoms with Gasteiger partial charge in [0.2, 0.25) is 17.6 Å². The lowest BCUT2D eigenvalue weighted by molar-refractivity contribution is -0.184. The summed E-state index contributed by atoms with van der Waals surface area (Å²) in [5, 5.41) is 6.45. The molecule has 1 saturated carbocycles. The second-order valence-corrected chi connectivity index (χ2v) is 6.69. The molecule has 1 aromatic carbocycles. The van der Waals surface area contributed by atoms with Crippen LogP contribution in [0.3, 0.4) is 0 Å². The first-order chi connectivity index (χ1) is 12.8. The predicted octanol–water partition coefficient (Wildman–Crippen LogP) is 4.05. The topological polar surface area (TPSA) is 68.0 Å². The van der Waals surface area contributed by atoms with Crippen molar-refractivity contribution in [3.63, 3.8) is 0 Å². The zero-order valence-electron chi connectivity index (χ0n) is 14.4. The molecule has 1 heterocycles. The summed E-state index contributed by atoms with van der Waals surface area (Å²) >= 11 is 0. The van der Waals surface area contributed by atoms with Crippen LogP contribution in [0.5, 0.6) is 0 Å². The lowest BCUT2D eigenvalue weighted by Gasteiger charge is -2.31. The SMILES string of the molecule is O=C(CCc1nc(-c2ccc(F)cc2)no1)NC1CCCC(C(F)(F)F)C1. The number of nitrogens with one attached hydrogen (secondary N) is 1. The average molecular weight is 385 g/mol. The molecule has 1 aliphatic carbocycles. The molecule has 2 atom stereocenters. The van der Waals surface area contributed by atoms with Crippen molar-refractivity contribution < 1.29 is 26.9 Å². The summed E-state index contributed by atoms with van der Waals surface area (Å²) in [6.45, 7) is 0. The molecule has 1 aromatic heterocycles. The highest BCUT2D eigenvalue weighted by molar-refractivity contribution is 5.76. The Hall–Kier alpha value is -2.45. The van der Waals surface area contributed by atoms with Gasteiger partial charge >= 0.3 is 6.18 Å². The van der Waals surface area contributed by atoms with Crippen LogP contribution in [0.15, 0.2) is 28.8 Å². The van der Waals surface area contributed by atoms with Crippen LogP contribution in [0.4, 0.5) is 17.6 Å². The van der Waals surface area contributed by atoms with Gasteiger partial charge in [-0.3, -0.25) is 4.79 Å². The molecule has 0 spiro atoms. The van der Waals surface area contributed by atoms with Crippen LogP contribution < -0.4 is 5.32 Å². The van der Waals surface area contributed by atoms with Crippen molar-refractivity contribution in [3.8, 4) is 11.4 Å². The summed E-state index contributed by atoms with van der Waals surface area (Å²) in [7, 11) is 0. The molecule has 27 heavy (non-hydrogen) atoms. The standard InChI is InChI=1S/C18H19F4N3O2/c19-13-6-4-11(5-7-13)17-24-16(27-25-17)9-8-15(26)23-14-3-1-2-12(10-14)18(20,21)22/h4-7,12,14H,1-3,8-10H2,(H,23,26). The van der Waals surface area contributed by atoms with Gasteiger partial charge in [0.1, 0.15) is 5.82 Å². The van der Waals surface area contributed by atoms with Gasteiger partial charge in [-0.15, -0.1) is 0 Å². The molecule has 0 radical (unpaired) electrons. The lowest BCUT2D eigenvalue weighted by Crippen LogP contribution is -2.41. The molecule has 5 nitrogen and oxygen atoms in total. The molecule has 3 rings (SSSR count). The molecular weight excluding hydrogens is 366 g/mol. The first-order valence-electron chi connectivity index (χ1n) is 8.76. The Balaban J connectivity index is 1.49. The zero-order valence-corrected chi connectivity index (χ0v) is 14.4. The van der Waals surface area contributed by atoms with Crippen LogP contribution in [-0.4, -0.2) is 28.3 Å². The number of aryl methyl sites for hydroxylation is 1. The number of halogens is 4. The predicted molar refractivity (Wildman–Crippen MR) is 88.0 cm³/mol. The maximum absolute atomic E-state index is 12.9. The van der Waals surface area contributed by atoms with Crippen molar-refractivity contribution in [1.82, 2.24) is 15.5 Å².